The number of cyclic esters (lactones) is 1. The Kier molecular flexibility index (Phi) is 7.70. The Bertz CT molecular complexity index is 566. The van der Waals surface area contributed by atoms with Crippen molar-refractivity contribution in [2.24, 2.45) is 11.7 Å². The lowest BCUT2D eigenvalue weighted by Gasteiger charge is -2.16. The molecule has 1 heterocycles. The SMILES string of the molecule is N[C@@H](Cc1ccc(O)cc1)C(=O)C1CCCCOC1=O.O=C(O)O. The van der Waals surface area contributed by atoms with E-state index in [0.717, 1.165) is 18.4 Å². The largest absolute Gasteiger partial charge is 0.508 e. The first kappa shape index (κ1) is 19.4. The van der Waals surface area contributed by atoms with Gasteiger partial charge in [-0.3, -0.25) is 9.59 Å². The predicted octanol–water partition coefficient (Wildman–Crippen LogP) is 1.40. The van der Waals surface area contributed by atoms with Gasteiger partial charge in [0.05, 0.1) is 12.6 Å². The molecule has 1 fully saturated rings. The molecule has 0 spiro atoms. The highest BCUT2D eigenvalue weighted by molar-refractivity contribution is 6.01. The molecule has 0 saturated carbocycles. The molecular weight excluding hydrogens is 318 g/mol. The highest BCUT2D eigenvalue weighted by Crippen LogP contribution is 2.19. The van der Waals surface area contributed by atoms with E-state index in [1.807, 2.05) is 0 Å². The van der Waals surface area contributed by atoms with Crippen LogP contribution in [0.3, 0.4) is 0 Å². The van der Waals surface area contributed by atoms with Gasteiger partial charge in [-0.2, -0.15) is 0 Å². The van der Waals surface area contributed by atoms with E-state index in [4.69, 9.17) is 25.5 Å². The third-order valence-electron chi connectivity index (χ3n) is 3.52. The molecule has 0 aliphatic carbocycles. The van der Waals surface area contributed by atoms with Crippen molar-refractivity contribution in [1.29, 1.82) is 0 Å². The minimum Gasteiger partial charge on any atom is -0.508 e. The molecule has 0 aromatic heterocycles. The molecule has 0 radical (unpaired) electrons. The number of aromatic hydroxyl groups is 1. The van der Waals surface area contributed by atoms with Gasteiger partial charge in [0.2, 0.25) is 0 Å². The summed E-state index contributed by atoms with van der Waals surface area (Å²) in [6, 6.07) is 5.80. The normalized spacial score (nSPS) is 18.4. The first-order valence-corrected chi connectivity index (χ1v) is 7.47. The van der Waals surface area contributed by atoms with Crippen molar-refractivity contribution >= 4 is 17.9 Å². The molecular formula is C16H21NO7. The van der Waals surface area contributed by atoms with Crippen LogP contribution in [0.1, 0.15) is 24.8 Å². The van der Waals surface area contributed by atoms with Crippen LogP contribution in [0.4, 0.5) is 4.79 Å². The topological polar surface area (TPSA) is 147 Å². The zero-order valence-corrected chi connectivity index (χ0v) is 13.1. The van der Waals surface area contributed by atoms with Crippen molar-refractivity contribution < 1.29 is 34.4 Å². The predicted molar refractivity (Wildman–Crippen MR) is 83.7 cm³/mol. The standard InChI is InChI=1S/C15H19NO4.CH2O3/c16-13(9-10-4-6-11(17)7-5-10)14(18)12-3-1-2-8-20-15(12)19;2-1(3)4/h4-7,12-13,17H,1-3,8-9,16H2;(H2,2,3,4)/t12?,13-;/m0./s1. The van der Waals surface area contributed by atoms with E-state index < -0.39 is 24.1 Å². The minimum absolute atomic E-state index is 0.168. The molecule has 2 rings (SSSR count). The van der Waals surface area contributed by atoms with Gasteiger partial charge in [-0.1, -0.05) is 12.1 Å². The number of carboxylic acid groups (broad SMARTS) is 2. The van der Waals surface area contributed by atoms with Crippen molar-refractivity contribution in [1.82, 2.24) is 0 Å². The summed E-state index contributed by atoms with van der Waals surface area (Å²) < 4.78 is 5.00. The first-order valence-electron chi connectivity index (χ1n) is 7.47. The quantitative estimate of drug-likeness (QED) is 0.475. The smallest absolute Gasteiger partial charge is 0.503 e. The summed E-state index contributed by atoms with van der Waals surface area (Å²) in [5.41, 5.74) is 6.76. The van der Waals surface area contributed by atoms with Crippen LogP contribution in [0.2, 0.25) is 0 Å². The Balaban J connectivity index is 0.000000648. The number of carbonyl (C=O) groups excluding carboxylic acids is 2. The van der Waals surface area contributed by atoms with Crippen LogP contribution in [-0.4, -0.2) is 45.9 Å². The molecule has 1 aromatic carbocycles. The van der Waals surface area contributed by atoms with Crippen LogP contribution < -0.4 is 5.73 Å². The third-order valence-corrected chi connectivity index (χ3v) is 3.52. The Morgan fingerprint density at radius 1 is 1.21 bits per heavy atom. The summed E-state index contributed by atoms with van der Waals surface area (Å²) in [5.74, 6) is -1.27. The van der Waals surface area contributed by atoms with Crippen LogP contribution in [0.5, 0.6) is 5.75 Å². The molecule has 2 atom stereocenters. The zero-order valence-electron chi connectivity index (χ0n) is 13.1. The molecule has 132 valence electrons. The maximum absolute atomic E-state index is 12.3. The van der Waals surface area contributed by atoms with Gasteiger partial charge >= 0.3 is 12.1 Å². The average Bonchev–Trinajstić information content (AvgIpc) is 2.73. The second kappa shape index (κ2) is 9.51. The fourth-order valence-electron chi connectivity index (χ4n) is 2.35. The fourth-order valence-corrected chi connectivity index (χ4v) is 2.35. The van der Waals surface area contributed by atoms with Gasteiger partial charge in [0.15, 0.2) is 5.78 Å². The Morgan fingerprint density at radius 3 is 2.38 bits per heavy atom. The lowest BCUT2D eigenvalue weighted by Crippen LogP contribution is -2.40. The number of hydrogen-bond acceptors (Lipinski definition) is 6. The monoisotopic (exact) mass is 339 g/mol. The molecule has 1 aliphatic heterocycles. The molecule has 1 unspecified atom stereocenters. The number of carbonyl (C=O) groups is 3. The average molecular weight is 339 g/mol. The van der Waals surface area contributed by atoms with Gasteiger partial charge in [0, 0.05) is 0 Å². The number of nitrogens with two attached hydrogens (primary N) is 1. The maximum Gasteiger partial charge on any atom is 0.503 e. The second-order valence-electron chi connectivity index (χ2n) is 5.38. The first-order chi connectivity index (χ1) is 11.3. The van der Waals surface area contributed by atoms with E-state index in [1.54, 1.807) is 24.3 Å². The Hall–Kier alpha value is -2.61. The summed E-state index contributed by atoms with van der Waals surface area (Å²) in [4.78, 5) is 32.5. The van der Waals surface area contributed by atoms with E-state index in [0.29, 0.717) is 19.4 Å². The van der Waals surface area contributed by atoms with Gasteiger partial charge in [-0.25, -0.2) is 4.79 Å². The van der Waals surface area contributed by atoms with Crippen LogP contribution in [0, 0.1) is 5.92 Å². The van der Waals surface area contributed by atoms with Crippen molar-refractivity contribution in [3.8, 4) is 5.75 Å². The van der Waals surface area contributed by atoms with Crippen molar-refractivity contribution in [3.05, 3.63) is 29.8 Å². The Labute approximate surface area is 138 Å². The number of benzene rings is 1. The molecule has 0 amide bonds. The Morgan fingerprint density at radius 2 is 1.79 bits per heavy atom. The number of Topliss-reactive ketones (excluding diaryl/α,β-unsaturated/α-hetero) is 1. The lowest BCUT2D eigenvalue weighted by atomic mass is 9.91. The molecule has 24 heavy (non-hydrogen) atoms. The number of hydrogen-bond donors (Lipinski definition) is 4. The summed E-state index contributed by atoms with van der Waals surface area (Å²) in [6.07, 6.45) is 0.626. The van der Waals surface area contributed by atoms with Crippen molar-refractivity contribution in [2.75, 3.05) is 6.61 Å². The number of phenols is 1. The number of phenolic OH excluding ortho intramolecular Hbond substituents is 1. The summed E-state index contributed by atoms with van der Waals surface area (Å²) in [5, 5.41) is 23.2. The molecule has 0 bridgehead atoms. The molecule has 8 nitrogen and oxygen atoms in total. The van der Waals surface area contributed by atoms with Gasteiger partial charge in [-0.15, -0.1) is 0 Å². The summed E-state index contributed by atoms with van der Waals surface area (Å²) in [6.45, 7) is 0.385. The number of ether oxygens (including phenoxy) is 1. The van der Waals surface area contributed by atoms with Gasteiger partial charge in [0.1, 0.15) is 11.7 Å². The van der Waals surface area contributed by atoms with Gasteiger partial charge in [-0.05, 0) is 43.4 Å². The molecule has 1 aromatic rings. The summed E-state index contributed by atoms with van der Waals surface area (Å²) in [7, 11) is 0. The van der Waals surface area contributed by atoms with Gasteiger partial charge in [0.25, 0.3) is 0 Å². The number of esters is 1. The minimum atomic E-state index is -1.83. The van der Waals surface area contributed by atoms with E-state index in [2.05, 4.69) is 0 Å². The van der Waals surface area contributed by atoms with Gasteiger partial charge < -0.3 is 25.8 Å². The van der Waals surface area contributed by atoms with E-state index in [1.165, 1.54) is 0 Å². The molecule has 5 N–H and O–H groups in total. The molecule has 1 saturated heterocycles. The van der Waals surface area contributed by atoms with Crippen LogP contribution in [0.25, 0.3) is 0 Å². The van der Waals surface area contributed by atoms with E-state index in [-0.39, 0.29) is 11.5 Å². The molecule has 8 heteroatoms. The van der Waals surface area contributed by atoms with Crippen molar-refractivity contribution in [3.63, 3.8) is 0 Å². The van der Waals surface area contributed by atoms with E-state index >= 15 is 0 Å². The highest BCUT2D eigenvalue weighted by atomic mass is 16.6. The number of rotatable bonds is 4. The van der Waals surface area contributed by atoms with E-state index in [9.17, 15) is 14.7 Å². The third kappa shape index (κ3) is 6.66. The van der Waals surface area contributed by atoms with Crippen LogP contribution in [-0.2, 0) is 20.7 Å². The second-order valence-corrected chi connectivity index (χ2v) is 5.38. The van der Waals surface area contributed by atoms with Crippen LogP contribution >= 0.6 is 0 Å². The molecule has 1 aliphatic rings. The summed E-state index contributed by atoms with van der Waals surface area (Å²) >= 11 is 0. The van der Waals surface area contributed by atoms with Crippen LogP contribution in [0.15, 0.2) is 24.3 Å². The number of ketones is 1. The maximum atomic E-state index is 12.3. The van der Waals surface area contributed by atoms with Crippen molar-refractivity contribution in [2.45, 2.75) is 31.7 Å². The fraction of sp³-hybridized carbons (Fsp3) is 0.438. The lowest BCUT2D eigenvalue weighted by molar-refractivity contribution is -0.151. The zero-order chi connectivity index (χ0) is 18.1. The highest BCUT2D eigenvalue weighted by Gasteiger charge is 2.32.